The molecule has 1 saturated carbocycles. The molecular formula is C15H20F2N2O3. The Labute approximate surface area is 127 Å². The van der Waals surface area contributed by atoms with Gasteiger partial charge in [0.2, 0.25) is 0 Å². The summed E-state index contributed by atoms with van der Waals surface area (Å²) in [5.41, 5.74) is 3.66. The number of aromatic hydroxyl groups is 1. The van der Waals surface area contributed by atoms with E-state index in [1.54, 1.807) is 20.8 Å². The Morgan fingerprint density at radius 3 is 2.50 bits per heavy atom. The maximum Gasteiger partial charge on any atom is 0.412 e. The SMILES string of the molecule is CC(C)(C)OC(=O)Nc1cc(C2(CN)CC2(F)F)ccc1O. The van der Waals surface area contributed by atoms with Gasteiger partial charge in [-0.15, -0.1) is 0 Å². The molecule has 22 heavy (non-hydrogen) atoms. The van der Waals surface area contributed by atoms with Crippen LogP contribution in [0.5, 0.6) is 5.75 Å². The minimum atomic E-state index is -2.87. The molecule has 1 aliphatic carbocycles. The number of hydrogen-bond acceptors (Lipinski definition) is 4. The zero-order valence-corrected chi connectivity index (χ0v) is 12.7. The maximum atomic E-state index is 13.6. The third-order valence-corrected chi connectivity index (χ3v) is 3.63. The predicted octanol–water partition coefficient (Wildman–Crippen LogP) is 2.97. The van der Waals surface area contributed by atoms with Gasteiger partial charge in [0.25, 0.3) is 5.92 Å². The number of rotatable bonds is 3. The van der Waals surface area contributed by atoms with E-state index in [0.717, 1.165) is 0 Å². The van der Waals surface area contributed by atoms with Crippen LogP contribution >= 0.6 is 0 Å². The van der Waals surface area contributed by atoms with E-state index in [2.05, 4.69) is 5.32 Å². The molecule has 0 saturated heterocycles. The molecule has 0 spiro atoms. The molecule has 1 aromatic rings. The van der Waals surface area contributed by atoms with Crippen LogP contribution in [0.25, 0.3) is 0 Å². The molecule has 0 aliphatic heterocycles. The second kappa shape index (κ2) is 5.08. The summed E-state index contributed by atoms with van der Waals surface area (Å²) in [6.45, 7) is 4.86. The Kier molecular flexibility index (Phi) is 3.81. The largest absolute Gasteiger partial charge is 0.506 e. The van der Waals surface area contributed by atoms with E-state index in [-0.39, 0.29) is 30.0 Å². The molecular weight excluding hydrogens is 294 g/mol. The number of carbonyl (C=O) groups is 1. The number of nitrogens with two attached hydrogens (primary N) is 1. The number of anilines is 1. The molecule has 0 bridgehead atoms. The normalized spacial score (nSPS) is 23.0. The Balaban J connectivity index is 2.24. The highest BCUT2D eigenvalue weighted by Crippen LogP contribution is 2.61. The van der Waals surface area contributed by atoms with Crippen molar-refractivity contribution in [1.29, 1.82) is 0 Å². The first-order chi connectivity index (χ1) is 10.0. The number of amides is 1. The lowest BCUT2D eigenvalue weighted by Crippen LogP contribution is -2.28. The molecule has 1 aromatic carbocycles. The van der Waals surface area contributed by atoms with Gasteiger partial charge in [-0.3, -0.25) is 5.32 Å². The minimum Gasteiger partial charge on any atom is -0.506 e. The van der Waals surface area contributed by atoms with Crippen molar-refractivity contribution in [3.63, 3.8) is 0 Å². The summed E-state index contributed by atoms with van der Waals surface area (Å²) in [7, 11) is 0. The van der Waals surface area contributed by atoms with Crippen molar-refractivity contribution in [3.05, 3.63) is 23.8 Å². The summed E-state index contributed by atoms with van der Waals surface area (Å²) < 4.78 is 32.3. The van der Waals surface area contributed by atoms with Crippen LogP contribution in [0.4, 0.5) is 19.3 Å². The quantitative estimate of drug-likeness (QED) is 0.749. The topological polar surface area (TPSA) is 84.6 Å². The van der Waals surface area contributed by atoms with Crippen molar-refractivity contribution in [2.24, 2.45) is 5.73 Å². The molecule has 1 atom stereocenters. The molecule has 1 aliphatic rings. The van der Waals surface area contributed by atoms with Crippen molar-refractivity contribution in [1.82, 2.24) is 0 Å². The highest BCUT2D eigenvalue weighted by atomic mass is 19.3. The molecule has 122 valence electrons. The van der Waals surface area contributed by atoms with E-state index >= 15 is 0 Å². The van der Waals surface area contributed by atoms with Crippen molar-refractivity contribution < 1.29 is 23.4 Å². The number of nitrogens with one attached hydrogen (secondary N) is 1. The van der Waals surface area contributed by atoms with Crippen LogP contribution in [0.3, 0.4) is 0 Å². The molecule has 1 fully saturated rings. The van der Waals surface area contributed by atoms with Gasteiger partial charge in [0.1, 0.15) is 11.4 Å². The van der Waals surface area contributed by atoms with Crippen LogP contribution in [0, 0.1) is 0 Å². The minimum absolute atomic E-state index is 0.0160. The summed E-state index contributed by atoms with van der Waals surface area (Å²) in [5, 5.41) is 12.1. The van der Waals surface area contributed by atoms with E-state index in [1.807, 2.05) is 0 Å². The van der Waals surface area contributed by atoms with Crippen molar-refractivity contribution in [2.45, 2.75) is 44.1 Å². The molecule has 1 unspecified atom stereocenters. The molecule has 2 rings (SSSR count). The number of halogens is 2. The third-order valence-electron chi connectivity index (χ3n) is 3.63. The summed E-state index contributed by atoms with van der Waals surface area (Å²) in [6.07, 6.45) is -1.11. The number of phenolic OH excluding ortho intramolecular Hbond substituents is 1. The van der Waals surface area contributed by atoms with E-state index < -0.39 is 23.0 Å². The lowest BCUT2D eigenvalue weighted by molar-refractivity contribution is 0.0635. The summed E-state index contributed by atoms with van der Waals surface area (Å²) >= 11 is 0. The zero-order valence-electron chi connectivity index (χ0n) is 12.7. The molecule has 1 amide bonds. The van der Waals surface area contributed by atoms with Crippen LogP contribution in [0.1, 0.15) is 32.8 Å². The van der Waals surface area contributed by atoms with Crippen molar-refractivity contribution >= 4 is 11.8 Å². The first-order valence-corrected chi connectivity index (χ1v) is 6.92. The first-order valence-electron chi connectivity index (χ1n) is 6.92. The number of phenols is 1. The van der Waals surface area contributed by atoms with Gasteiger partial charge in [0.05, 0.1) is 11.1 Å². The summed E-state index contributed by atoms with van der Waals surface area (Å²) in [6, 6.07) is 3.96. The van der Waals surface area contributed by atoms with Crippen LogP contribution < -0.4 is 11.1 Å². The average Bonchev–Trinajstić information content (AvgIpc) is 2.93. The van der Waals surface area contributed by atoms with Crippen LogP contribution in [-0.2, 0) is 10.2 Å². The zero-order chi connectivity index (χ0) is 16.8. The lowest BCUT2D eigenvalue weighted by atomic mass is 9.94. The maximum absolute atomic E-state index is 13.6. The smallest absolute Gasteiger partial charge is 0.412 e. The van der Waals surface area contributed by atoms with E-state index in [1.165, 1.54) is 18.2 Å². The second-order valence-electron chi connectivity index (χ2n) is 6.53. The number of benzene rings is 1. The predicted molar refractivity (Wildman–Crippen MR) is 78.3 cm³/mol. The second-order valence-corrected chi connectivity index (χ2v) is 6.53. The Hall–Kier alpha value is -1.89. The third kappa shape index (κ3) is 2.99. The van der Waals surface area contributed by atoms with E-state index in [0.29, 0.717) is 0 Å². The molecule has 0 heterocycles. The van der Waals surface area contributed by atoms with Crippen LogP contribution in [0.15, 0.2) is 18.2 Å². The van der Waals surface area contributed by atoms with Gasteiger partial charge in [0, 0.05) is 13.0 Å². The molecule has 0 aromatic heterocycles. The van der Waals surface area contributed by atoms with Crippen LogP contribution in [0.2, 0.25) is 0 Å². The monoisotopic (exact) mass is 314 g/mol. The Bertz CT molecular complexity index is 599. The van der Waals surface area contributed by atoms with Crippen molar-refractivity contribution in [3.8, 4) is 5.75 Å². The Morgan fingerprint density at radius 1 is 1.45 bits per heavy atom. The Morgan fingerprint density at radius 2 is 2.05 bits per heavy atom. The van der Waals surface area contributed by atoms with E-state index in [4.69, 9.17) is 10.5 Å². The number of hydrogen-bond donors (Lipinski definition) is 3. The number of ether oxygens (including phenoxy) is 1. The molecule has 0 radical (unpaired) electrons. The lowest BCUT2D eigenvalue weighted by Gasteiger charge is -2.21. The fraction of sp³-hybridized carbons (Fsp3) is 0.533. The van der Waals surface area contributed by atoms with Gasteiger partial charge >= 0.3 is 6.09 Å². The average molecular weight is 314 g/mol. The summed E-state index contributed by atoms with van der Waals surface area (Å²) in [5.74, 6) is -3.10. The fourth-order valence-corrected chi connectivity index (χ4v) is 2.33. The van der Waals surface area contributed by atoms with Gasteiger partial charge in [-0.05, 0) is 38.5 Å². The molecule has 4 N–H and O–H groups in total. The van der Waals surface area contributed by atoms with Gasteiger partial charge < -0.3 is 15.6 Å². The van der Waals surface area contributed by atoms with E-state index in [9.17, 15) is 18.7 Å². The van der Waals surface area contributed by atoms with Gasteiger partial charge in [-0.25, -0.2) is 13.6 Å². The molecule has 7 heteroatoms. The van der Waals surface area contributed by atoms with Gasteiger partial charge in [-0.2, -0.15) is 0 Å². The summed E-state index contributed by atoms with van der Waals surface area (Å²) in [4.78, 5) is 11.7. The number of alkyl halides is 2. The number of carbonyl (C=O) groups excluding carboxylic acids is 1. The first kappa shape index (κ1) is 16.5. The van der Waals surface area contributed by atoms with Gasteiger partial charge in [-0.1, -0.05) is 6.07 Å². The fourth-order valence-electron chi connectivity index (χ4n) is 2.33. The molecule has 5 nitrogen and oxygen atoms in total. The van der Waals surface area contributed by atoms with Crippen molar-refractivity contribution in [2.75, 3.05) is 11.9 Å². The highest BCUT2D eigenvalue weighted by molar-refractivity contribution is 5.87. The standard InChI is InChI=1S/C15H20F2N2O3/c1-13(2,3)22-12(21)19-10-6-9(4-5-11(10)20)14(8-18)7-15(14,16)17/h4-6,20H,7-8,18H2,1-3H3,(H,19,21). The van der Waals surface area contributed by atoms with Crippen LogP contribution in [-0.4, -0.2) is 29.3 Å². The highest BCUT2D eigenvalue weighted by Gasteiger charge is 2.71. The van der Waals surface area contributed by atoms with Gasteiger partial charge in [0.15, 0.2) is 0 Å².